The molecule has 2 heterocycles. The lowest BCUT2D eigenvalue weighted by Gasteiger charge is -2.51. The summed E-state index contributed by atoms with van der Waals surface area (Å²) >= 11 is 3.98. The molecule has 2 fully saturated rings. The first-order chi connectivity index (χ1) is 15.0. The fourth-order valence-corrected chi connectivity index (χ4v) is 7.48. The molecule has 2 aliphatic heterocycles. The highest BCUT2D eigenvalue weighted by Gasteiger charge is 2.67. The Kier molecular flexibility index (Phi) is 4.20. The van der Waals surface area contributed by atoms with Crippen molar-refractivity contribution in [2.24, 2.45) is 11.8 Å². The van der Waals surface area contributed by atoms with E-state index in [0.717, 1.165) is 41.5 Å². The third kappa shape index (κ3) is 2.45. The Balaban J connectivity index is 1.43. The average Bonchev–Trinajstić information content (AvgIpc) is 3.06. The number of alkyl halides is 1. The Morgan fingerprint density at radius 1 is 0.903 bits per heavy atom. The van der Waals surface area contributed by atoms with Gasteiger partial charge in [0.15, 0.2) is 0 Å². The van der Waals surface area contributed by atoms with Crippen molar-refractivity contribution >= 4 is 33.7 Å². The monoisotopic (exact) mass is 478 g/mol. The van der Waals surface area contributed by atoms with E-state index in [0.29, 0.717) is 13.1 Å². The molecular weight excluding hydrogens is 456 g/mol. The highest BCUT2D eigenvalue weighted by Crippen LogP contribution is 2.66. The van der Waals surface area contributed by atoms with Gasteiger partial charge in [0, 0.05) is 19.0 Å². The molecule has 2 aromatic rings. The van der Waals surface area contributed by atoms with E-state index in [-0.39, 0.29) is 30.2 Å². The van der Waals surface area contributed by atoms with Gasteiger partial charge in [0.05, 0.1) is 16.2 Å². The Morgan fingerprint density at radius 2 is 1.48 bits per heavy atom. The number of halogens is 1. The highest BCUT2D eigenvalue weighted by molar-refractivity contribution is 9.09. The molecule has 0 saturated carbocycles. The van der Waals surface area contributed by atoms with Gasteiger partial charge < -0.3 is 4.90 Å². The van der Waals surface area contributed by atoms with Crippen LogP contribution in [0.15, 0.2) is 48.5 Å². The predicted molar refractivity (Wildman–Crippen MR) is 119 cm³/mol. The standard InChI is InChI=1S/C25H23BrN2O3/c26-25-17-10-4-2-8-15(17)20(16-9-3-5-11-18(16)25)21-22(25)24(31)28(23(21)30)14-19(29)27-12-6-1-7-13-27/h2-5,8-11,20-22H,1,6-7,12-14H2/t20?,21-,22-,25?/m0/s1. The number of hydrogen-bond acceptors (Lipinski definition) is 3. The number of hydrogen-bond donors (Lipinski definition) is 0. The zero-order valence-electron chi connectivity index (χ0n) is 17.1. The van der Waals surface area contributed by atoms with Gasteiger partial charge in [0.2, 0.25) is 17.7 Å². The summed E-state index contributed by atoms with van der Waals surface area (Å²) in [7, 11) is 0. The van der Waals surface area contributed by atoms with E-state index in [9.17, 15) is 14.4 Å². The summed E-state index contributed by atoms with van der Waals surface area (Å²) in [6.45, 7) is 1.28. The Bertz CT molecular complexity index is 1080. The van der Waals surface area contributed by atoms with E-state index in [1.54, 1.807) is 4.90 Å². The van der Waals surface area contributed by atoms with Crippen LogP contribution in [-0.4, -0.2) is 47.2 Å². The van der Waals surface area contributed by atoms with Crippen LogP contribution in [0.5, 0.6) is 0 Å². The van der Waals surface area contributed by atoms with Gasteiger partial charge in [-0.25, -0.2) is 0 Å². The molecule has 0 radical (unpaired) electrons. The summed E-state index contributed by atoms with van der Waals surface area (Å²) in [6, 6.07) is 16.2. The maximum Gasteiger partial charge on any atom is 0.242 e. The highest BCUT2D eigenvalue weighted by atomic mass is 79.9. The van der Waals surface area contributed by atoms with Gasteiger partial charge in [-0.1, -0.05) is 64.5 Å². The second kappa shape index (κ2) is 6.76. The minimum Gasteiger partial charge on any atom is -0.341 e. The maximum absolute atomic E-state index is 13.7. The first kappa shape index (κ1) is 19.2. The smallest absolute Gasteiger partial charge is 0.242 e. The van der Waals surface area contributed by atoms with Crippen molar-refractivity contribution in [1.29, 1.82) is 0 Å². The van der Waals surface area contributed by atoms with Crippen LogP contribution in [0.25, 0.3) is 0 Å². The number of nitrogens with zero attached hydrogens (tertiary/aromatic N) is 2. The second-order valence-corrected chi connectivity index (χ2v) is 10.3. The third-order valence-electron chi connectivity index (χ3n) is 7.61. The van der Waals surface area contributed by atoms with Crippen LogP contribution >= 0.6 is 15.9 Å². The second-order valence-electron chi connectivity index (χ2n) is 9.07. The van der Waals surface area contributed by atoms with Crippen molar-refractivity contribution in [2.75, 3.05) is 19.6 Å². The molecule has 5 nitrogen and oxygen atoms in total. The van der Waals surface area contributed by atoms with Crippen LogP contribution in [0.2, 0.25) is 0 Å². The molecule has 158 valence electrons. The lowest BCUT2D eigenvalue weighted by molar-refractivity contribution is -0.147. The van der Waals surface area contributed by atoms with Crippen molar-refractivity contribution in [2.45, 2.75) is 29.5 Å². The number of benzene rings is 2. The number of carbonyl (C=O) groups is 3. The van der Waals surface area contributed by atoms with Gasteiger partial charge >= 0.3 is 0 Å². The topological polar surface area (TPSA) is 57.7 Å². The SMILES string of the molecule is O=C(CN1C(=O)[C@@H]2[C@@H](C1=O)C1c3ccccc3C2(Br)c2ccccc21)N1CCCCC1. The number of piperidine rings is 1. The molecule has 0 unspecified atom stereocenters. The lowest BCUT2D eigenvalue weighted by atomic mass is 9.55. The van der Waals surface area contributed by atoms with Crippen LogP contribution in [0.1, 0.15) is 47.4 Å². The largest absolute Gasteiger partial charge is 0.341 e. The van der Waals surface area contributed by atoms with E-state index in [1.165, 1.54) is 4.90 Å². The maximum atomic E-state index is 13.7. The minimum atomic E-state index is -0.755. The molecule has 2 atom stereocenters. The van der Waals surface area contributed by atoms with Gasteiger partial charge in [-0.2, -0.15) is 0 Å². The van der Waals surface area contributed by atoms with E-state index in [4.69, 9.17) is 0 Å². The van der Waals surface area contributed by atoms with Crippen LogP contribution in [-0.2, 0) is 18.7 Å². The summed E-state index contributed by atoms with van der Waals surface area (Å²) in [5, 5.41) is 0. The van der Waals surface area contributed by atoms with Gasteiger partial charge in [-0.3, -0.25) is 19.3 Å². The van der Waals surface area contributed by atoms with Crippen molar-refractivity contribution in [1.82, 2.24) is 9.80 Å². The van der Waals surface area contributed by atoms with Crippen molar-refractivity contribution in [3.05, 3.63) is 70.8 Å². The first-order valence-corrected chi connectivity index (χ1v) is 11.8. The zero-order valence-corrected chi connectivity index (χ0v) is 18.7. The Hall–Kier alpha value is -2.47. The minimum absolute atomic E-state index is 0.119. The number of rotatable bonds is 2. The average molecular weight is 479 g/mol. The summed E-state index contributed by atoms with van der Waals surface area (Å²) < 4.78 is -0.755. The van der Waals surface area contributed by atoms with Crippen LogP contribution < -0.4 is 0 Å². The molecule has 3 aliphatic carbocycles. The molecule has 2 bridgehead atoms. The number of likely N-dealkylation sites (tertiary alicyclic amines) is 2. The summed E-state index contributed by atoms with van der Waals surface area (Å²) in [6.07, 6.45) is 3.09. The molecular formula is C25H23BrN2O3. The quantitative estimate of drug-likeness (QED) is 0.490. The molecule has 6 heteroatoms. The van der Waals surface area contributed by atoms with Crippen LogP contribution in [0, 0.1) is 11.8 Å². The summed E-state index contributed by atoms with van der Waals surface area (Å²) in [5.74, 6) is -1.74. The number of amides is 3. The van der Waals surface area contributed by atoms with Crippen LogP contribution in [0.4, 0.5) is 0 Å². The van der Waals surface area contributed by atoms with E-state index in [2.05, 4.69) is 40.2 Å². The molecule has 31 heavy (non-hydrogen) atoms. The van der Waals surface area contributed by atoms with Gasteiger partial charge in [0.1, 0.15) is 6.54 Å². The molecule has 5 aliphatic rings. The predicted octanol–water partition coefficient (Wildman–Crippen LogP) is 3.40. The third-order valence-corrected chi connectivity index (χ3v) is 8.96. The Labute approximate surface area is 189 Å². The fraction of sp³-hybridized carbons (Fsp3) is 0.400. The van der Waals surface area contributed by atoms with Crippen molar-refractivity contribution < 1.29 is 14.4 Å². The molecule has 0 spiro atoms. The fourth-order valence-electron chi connectivity index (χ4n) is 6.27. The van der Waals surface area contributed by atoms with Gasteiger partial charge in [-0.05, 0) is 41.5 Å². The van der Waals surface area contributed by atoms with E-state index < -0.39 is 16.2 Å². The van der Waals surface area contributed by atoms with E-state index >= 15 is 0 Å². The normalized spacial score (nSPS) is 30.8. The molecule has 0 N–H and O–H groups in total. The molecule has 0 aromatic heterocycles. The van der Waals surface area contributed by atoms with Crippen molar-refractivity contribution in [3.8, 4) is 0 Å². The van der Waals surface area contributed by atoms with Gasteiger partial charge in [0.25, 0.3) is 0 Å². The summed E-state index contributed by atoms with van der Waals surface area (Å²) in [5.41, 5.74) is 4.32. The number of carbonyl (C=O) groups excluding carboxylic acids is 3. The zero-order chi connectivity index (χ0) is 21.3. The van der Waals surface area contributed by atoms with Crippen molar-refractivity contribution in [3.63, 3.8) is 0 Å². The number of imide groups is 1. The first-order valence-electron chi connectivity index (χ1n) is 11.0. The van der Waals surface area contributed by atoms with Crippen LogP contribution in [0.3, 0.4) is 0 Å². The molecule has 3 amide bonds. The van der Waals surface area contributed by atoms with E-state index in [1.807, 2.05) is 24.3 Å². The molecule has 2 saturated heterocycles. The Morgan fingerprint density at radius 3 is 2.10 bits per heavy atom. The lowest BCUT2D eigenvalue weighted by Crippen LogP contribution is -2.50. The van der Waals surface area contributed by atoms with Gasteiger partial charge in [-0.15, -0.1) is 0 Å². The summed E-state index contributed by atoms with van der Waals surface area (Å²) in [4.78, 5) is 43.3. The molecule has 2 aromatic carbocycles. The molecule has 7 rings (SSSR count).